The van der Waals surface area contributed by atoms with Gasteiger partial charge in [-0.2, -0.15) is 0 Å². The van der Waals surface area contributed by atoms with Crippen molar-refractivity contribution < 1.29 is 51.3 Å². The second kappa shape index (κ2) is 34.7. The third-order valence-electron chi connectivity index (χ3n) is 24.6. The highest BCUT2D eigenvalue weighted by atomic mass is 19.1. The molecule has 0 bridgehead atoms. The normalized spacial score (nSPS) is 32.1. The van der Waals surface area contributed by atoms with Gasteiger partial charge >= 0.3 is 24.0 Å². The molecular formula is C86H106F3N7O8. The standard InChI is InChI=1S/C30H35FN2O4.2C27H31FN2O2.CH5N.CH4/c1-4-36-30(35)33(3)24-11-13-25-21(15-24)16-27-28(18(2)37-29(27)34)26(25)12-10-23-9-8-20(17-32-23)19-6-5-7-22(31)14-19;2*1-16-26-24(23-10-9-22(29-2)13-19(23)14-25(26)27(31)32-16)11-8-21-7-6-18(15-30-21)17-4-3-5-20(28)12-17;1-2;/h5-10,12,14,17-18,21,24-28H,4,11,13,15-16H2,1-3H3;2*3-8,11-12,15-16,19,22-26,29H,9-10,13-14H2,1-2H3;2H2,1H3;1H4/b12-10+;2*11-8+;;/t18-,21+,24-,25-,26+,27-,28+;16-,19+,22+,23-,24+,25-,26+;16-,19+,22-,23-,24+,25-,26+;;/m111../s1. The molecule has 6 heterocycles. The Labute approximate surface area is 612 Å². The van der Waals surface area contributed by atoms with Crippen molar-refractivity contribution in [1.29, 1.82) is 0 Å². The fourth-order valence-corrected chi connectivity index (χ4v) is 19.7. The predicted octanol–water partition coefficient (Wildman–Crippen LogP) is 16.4. The maximum Gasteiger partial charge on any atom is 0.409 e. The van der Waals surface area contributed by atoms with Gasteiger partial charge in [-0.1, -0.05) is 80.3 Å². The second-order valence-electron chi connectivity index (χ2n) is 30.1. The molecule has 6 aliphatic carbocycles. The van der Waals surface area contributed by atoms with Crippen LogP contribution in [0.25, 0.3) is 51.6 Å². The summed E-state index contributed by atoms with van der Waals surface area (Å²) in [6, 6.07) is 32.7. The van der Waals surface area contributed by atoms with Gasteiger partial charge in [-0.05, 0) is 269 Å². The molecule has 9 aliphatic rings. The minimum Gasteiger partial charge on any atom is -0.462 e. The smallest absolute Gasteiger partial charge is 0.409 e. The van der Waals surface area contributed by atoms with E-state index < -0.39 is 0 Å². The zero-order valence-electron chi connectivity index (χ0n) is 60.7. The SMILES string of the molecule is C.CCOC(=O)N(C)[C@@H]1CC[C@@H]2[C@@H](C1)C[C@H]1C(=O)O[C@H](C)[C@H]1[C@H]2/C=C/c1ccc(-c2cccc(F)c2)cn1.CN.CN[C@@H]1CC[C@@H]2[C@@H](C1)C[C@H]1C(=O)O[C@H](C)[C@H]1[C@H]2/C=C/c1ccc(-c2cccc(F)c2)cn1.CN[C@H]1CC[C@@H]2[C@@H](C1)C[C@H]1C(=O)O[C@H](C)[C@H]1[C@H]2/C=C/c1ccc(-c2cccc(F)c2)cn1. The lowest BCUT2D eigenvalue weighted by Gasteiger charge is -2.48. The fraction of sp³-hybridized carbons (Fsp3) is 0.500. The molecule has 3 saturated heterocycles. The van der Waals surface area contributed by atoms with Crippen molar-refractivity contribution in [3.8, 4) is 33.4 Å². The van der Waals surface area contributed by atoms with Crippen molar-refractivity contribution in [2.75, 3.05) is 34.8 Å². The molecule has 3 aromatic heterocycles. The van der Waals surface area contributed by atoms with Crippen LogP contribution in [0, 0.1) is 106 Å². The number of aromatic nitrogens is 3. The van der Waals surface area contributed by atoms with Crippen LogP contribution in [-0.4, -0.2) is 115 Å². The zero-order chi connectivity index (χ0) is 72.6. The van der Waals surface area contributed by atoms with Gasteiger partial charge in [0, 0.05) is 78.2 Å². The van der Waals surface area contributed by atoms with Gasteiger partial charge in [0.1, 0.15) is 35.8 Å². The zero-order valence-corrected chi connectivity index (χ0v) is 60.7. The number of ether oxygens (including phenoxy) is 4. The van der Waals surface area contributed by atoms with Gasteiger partial charge in [-0.25, -0.2) is 18.0 Å². The Morgan fingerprint density at radius 2 is 0.837 bits per heavy atom. The summed E-state index contributed by atoms with van der Waals surface area (Å²) in [6.45, 7) is 8.29. The summed E-state index contributed by atoms with van der Waals surface area (Å²) in [6.07, 6.45) is 30.5. The molecule has 6 saturated carbocycles. The number of amides is 1. The van der Waals surface area contributed by atoms with Crippen molar-refractivity contribution in [3.63, 3.8) is 0 Å². The quantitative estimate of drug-likeness (QED) is 0.0729. The molecule has 3 aromatic carbocycles. The number of nitrogens with one attached hydrogen (secondary N) is 2. The van der Waals surface area contributed by atoms with Crippen molar-refractivity contribution in [2.24, 2.45) is 94.5 Å². The molecule has 554 valence electrons. The van der Waals surface area contributed by atoms with Crippen LogP contribution in [0.15, 0.2) is 146 Å². The van der Waals surface area contributed by atoms with E-state index in [9.17, 15) is 32.3 Å². The van der Waals surface area contributed by atoms with Crippen LogP contribution in [0.5, 0.6) is 0 Å². The molecule has 3 aliphatic heterocycles. The number of fused-ring (bicyclic) bond motifs is 6. The van der Waals surface area contributed by atoms with Crippen molar-refractivity contribution in [1.82, 2.24) is 30.5 Å². The third kappa shape index (κ3) is 17.1. The number of hydrogen-bond acceptors (Lipinski definition) is 14. The second-order valence-corrected chi connectivity index (χ2v) is 30.1. The number of hydrogen-bond donors (Lipinski definition) is 3. The molecular weight excluding hydrogens is 1320 g/mol. The Morgan fingerprint density at radius 3 is 1.14 bits per heavy atom. The van der Waals surface area contributed by atoms with E-state index in [1.807, 2.05) is 95.7 Å². The van der Waals surface area contributed by atoms with Crippen LogP contribution in [0.2, 0.25) is 0 Å². The van der Waals surface area contributed by atoms with Gasteiger partial charge in [0.05, 0.1) is 41.4 Å². The number of benzene rings is 3. The van der Waals surface area contributed by atoms with E-state index in [1.165, 1.54) is 69.1 Å². The number of cyclic esters (lactones) is 3. The maximum atomic E-state index is 13.6. The van der Waals surface area contributed by atoms with E-state index in [0.29, 0.717) is 66.0 Å². The topological polar surface area (TPSA) is 197 Å². The molecule has 21 atom stereocenters. The largest absolute Gasteiger partial charge is 0.462 e. The van der Waals surface area contributed by atoms with Gasteiger partial charge in [0.2, 0.25) is 0 Å². The first-order valence-electron chi connectivity index (χ1n) is 37.6. The monoisotopic (exact) mass is 1420 g/mol. The highest BCUT2D eigenvalue weighted by Gasteiger charge is 2.57. The molecule has 104 heavy (non-hydrogen) atoms. The molecule has 1 amide bonds. The van der Waals surface area contributed by atoms with Crippen LogP contribution in [0.4, 0.5) is 18.0 Å². The molecule has 9 fully saturated rings. The van der Waals surface area contributed by atoms with Gasteiger partial charge in [-0.15, -0.1) is 0 Å². The molecule has 6 aromatic rings. The molecule has 18 heteroatoms. The predicted molar refractivity (Wildman–Crippen MR) is 402 cm³/mol. The average molecular weight is 1420 g/mol. The average Bonchev–Trinajstić information content (AvgIpc) is 1.56. The van der Waals surface area contributed by atoms with E-state index in [0.717, 1.165) is 102 Å². The number of pyridine rings is 3. The fourth-order valence-electron chi connectivity index (χ4n) is 19.7. The summed E-state index contributed by atoms with van der Waals surface area (Å²) in [4.78, 5) is 65.7. The summed E-state index contributed by atoms with van der Waals surface area (Å²) in [5.41, 5.74) is 12.2. The highest BCUT2D eigenvalue weighted by Crippen LogP contribution is 2.57. The van der Waals surface area contributed by atoms with Gasteiger partial charge < -0.3 is 40.2 Å². The number of nitrogens with two attached hydrogens (primary N) is 1. The van der Waals surface area contributed by atoms with E-state index in [1.54, 1.807) is 41.7 Å². The summed E-state index contributed by atoms with van der Waals surface area (Å²) in [5, 5.41) is 6.89. The number of halogens is 3. The molecule has 15 nitrogen and oxygen atoms in total. The number of nitrogens with zero attached hydrogens (tertiary/aromatic N) is 4. The number of rotatable bonds is 13. The third-order valence-corrected chi connectivity index (χ3v) is 24.6. The number of allylic oxidation sites excluding steroid dienone is 3. The summed E-state index contributed by atoms with van der Waals surface area (Å²) in [5.74, 6) is 3.57. The van der Waals surface area contributed by atoms with Crippen LogP contribution in [0.1, 0.15) is 129 Å². The lowest BCUT2D eigenvalue weighted by atomic mass is 9.56. The van der Waals surface area contributed by atoms with Gasteiger partial charge in [0.25, 0.3) is 0 Å². The van der Waals surface area contributed by atoms with Crippen LogP contribution in [-0.2, 0) is 33.3 Å². The molecule has 4 N–H and O–H groups in total. The van der Waals surface area contributed by atoms with Crippen molar-refractivity contribution >= 4 is 42.2 Å². The summed E-state index contributed by atoms with van der Waals surface area (Å²) in [7, 11) is 7.40. The van der Waals surface area contributed by atoms with E-state index in [-0.39, 0.29) is 115 Å². The first-order valence-corrected chi connectivity index (χ1v) is 37.6. The van der Waals surface area contributed by atoms with Crippen LogP contribution < -0.4 is 16.4 Å². The Bertz CT molecular complexity index is 3820. The summed E-state index contributed by atoms with van der Waals surface area (Å²) >= 11 is 0. The first-order chi connectivity index (χ1) is 49.9. The molecule has 0 radical (unpaired) electrons. The van der Waals surface area contributed by atoms with Crippen molar-refractivity contribution in [2.45, 2.75) is 149 Å². The maximum absolute atomic E-state index is 13.6. The van der Waals surface area contributed by atoms with Crippen LogP contribution >= 0.6 is 0 Å². The molecule has 0 unspecified atom stereocenters. The first kappa shape index (κ1) is 76.8. The molecule has 0 spiro atoms. The van der Waals surface area contributed by atoms with E-state index >= 15 is 0 Å². The van der Waals surface area contributed by atoms with Gasteiger partial charge in [-0.3, -0.25) is 29.3 Å². The lowest BCUT2D eigenvalue weighted by molar-refractivity contribution is -0.145. The van der Waals surface area contributed by atoms with E-state index in [2.05, 4.69) is 75.5 Å². The van der Waals surface area contributed by atoms with Crippen LogP contribution in [0.3, 0.4) is 0 Å². The van der Waals surface area contributed by atoms with E-state index in [4.69, 9.17) is 18.9 Å². The Morgan fingerprint density at radius 1 is 0.500 bits per heavy atom. The Kier molecular flexibility index (Phi) is 25.6. The lowest BCUT2D eigenvalue weighted by Crippen LogP contribution is -2.48. The Balaban J connectivity index is 0.000000154. The number of carbonyl (C=O) groups is 4. The van der Waals surface area contributed by atoms with Crippen molar-refractivity contribution in [3.05, 3.63) is 181 Å². The number of carbonyl (C=O) groups excluding carboxylic acids is 4. The molecule has 15 rings (SSSR count). The Hall–Kier alpha value is -8.32. The summed E-state index contributed by atoms with van der Waals surface area (Å²) < 4.78 is 63.0. The highest BCUT2D eigenvalue weighted by molar-refractivity contribution is 5.77. The number of esters is 3. The minimum absolute atomic E-state index is 0. The minimum atomic E-state index is -0.280. The van der Waals surface area contributed by atoms with Gasteiger partial charge in [0.15, 0.2) is 0 Å².